The van der Waals surface area contributed by atoms with Crippen molar-refractivity contribution in [2.24, 2.45) is 5.73 Å². The van der Waals surface area contributed by atoms with Crippen molar-refractivity contribution in [1.82, 2.24) is 5.32 Å². The molecular weight excluding hydrogens is 308 g/mol. The summed E-state index contributed by atoms with van der Waals surface area (Å²) in [6, 6.07) is 6.70. The summed E-state index contributed by atoms with van der Waals surface area (Å²) in [5, 5.41) is 2.88. The van der Waals surface area contributed by atoms with Gasteiger partial charge in [-0.3, -0.25) is 4.79 Å². The van der Waals surface area contributed by atoms with Gasteiger partial charge >= 0.3 is 5.97 Å². The fourth-order valence-electron chi connectivity index (χ4n) is 2.21. The van der Waals surface area contributed by atoms with Crippen LogP contribution in [0, 0.1) is 0 Å². The topological polar surface area (TPSA) is 90.7 Å². The van der Waals surface area contributed by atoms with Gasteiger partial charge in [0.1, 0.15) is 5.54 Å². The quantitative estimate of drug-likeness (QED) is 0.810. The van der Waals surface area contributed by atoms with Gasteiger partial charge in [0, 0.05) is 6.61 Å². The number of carbonyl (C=O) groups is 2. The number of esters is 1. The highest BCUT2D eigenvalue weighted by atomic mass is 35.5. The van der Waals surface area contributed by atoms with Gasteiger partial charge in [0.05, 0.1) is 25.3 Å². The fourth-order valence-corrected chi connectivity index (χ4v) is 2.21. The van der Waals surface area contributed by atoms with E-state index in [1.165, 1.54) is 7.11 Å². The molecule has 0 bridgehead atoms. The molecule has 22 heavy (non-hydrogen) atoms. The number of hydrogen-bond acceptors (Lipinski definition) is 5. The summed E-state index contributed by atoms with van der Waals surface area (Å²) in [6.07, 6.45) is 0.521. The molecule has 6 nitrogen and oxygen atoms in total. The van der Waals surface area contributed by atoms with Crippen molar-refractivity contribution in [2.75, 3.05) is 20.3 Å². The summed E-state index contributed by atoms with van der Waals surface area (Å²) in [5.74, 6) is -0.605. The van der Waals surface area contributed by atoms with Crippen molar-refractivity contribution in [2.45, 2.75) is 24.9 Å². The van der Waals surface area contributed by atoms with Crippen molar-refractivity contribution in [3.8, 4) is 0 Å². The second kappa shape index (κ2) is 7.58. The lowest BCUT2D eigenvalue weighted by Gasteiger charge is -2.24. The van der Waals surface area contributed by atoms with Gasteiger partial charge in [-0.2, -0.15) is 0 Å². The molecule has 0 spiro atoms. The lowest BCUT2D eigenvalue weighted by molar-refractivity contribution is -0.127. The average molecular weight is 329 g/mol. The number of halogens is 1. The summed E-state index contributed by atoms with van der Waals surface area (Å²) < 4.78 is 9.83. The van der Waals surface area contributed by atoms with Gasteiger partial charge in [-0.15, -0.1) is 12.4 Å². The third-order valence-electron chi connectivity index (χ3n) is 3.68. The molecule has 1 aliphatic rings. The van der Waals surface area contributed by atoms with Gasteiger partial charge < -0.3 is 20.5 Å². The minimum absolute atomic E-state index is 0. The monoisotopic (exact) mass is 328 g/mol. The number of methoxy groups -OCH3 is 1. The summed E-state index contributed by atoms with van der Waals surface area (Å²) in [4.78, 5) is 23.5. The first-order valence-corrected chi connectivity index (χ1v) is 6.82. The standard InChI is InChI=1S/C15H20N2O4.ClH/c1-10(17-14(19)15(16)7-8-21-9-15)11-3-5-12(6-4-11)13(18)20-2;/h3-6,10H,7-9,16H2,1-2H3,(H,17,19);1H/t10-,15?;/m0./s1. The third-order valence-corrected chi connectivity index (χ3v) is 3.68. The second-order valence-electron chi connectivity index (χ2n) is 5.27. The van der Waals surface area contributed by atoms with E-state index < -0.39 is 5.54 Å². The highest BCUT2D eigenvalue weighted by molar-refractivity contribution is 5.89. The molecule has 1 aromatic carbocycles. The molecule has 0 aromatic heterocycles. The maximum Gasteiger partial charge on any atom is 0.337 e. The molecule has 1 unspecified atom stereocenters. The molecule has 1 aliphatic heterocycles. The van der Waals surface area contributed by atoms with E-state index in [9.17, 15) is 9.59 Å². The van der Waals surface area contributed by atoms with Gasteiger partial charge in [0.2, 0.25) is 5.91 Å². The first kappa shape index (κ1) is 18.4. The molecule has 3 N–H and O–H groups in total. The van der Waals surface area contributed by atoms with Crippen LogP contribution < -0.4 is 11.1 Å². The number of benzene rings is 1. The van der Waals surface area contributed by atoms with Crippen LogP contribution in [0.3, 0.4) is 0 Å². The third kappa shape index (κ3) is 3.97. The van der Waals surface area contributed by atoms with Crippen LogP contribution >= 0.6 is 12.4 Å². The van der Waals surface area contributed by atoms with E-state index in [0.29, 0.717) is 18.6 Å². The van der Waals surface area contributed by atoms with Crippen molar-refractivity contribution in [3.05, 3.63) is 35.4 Å². The molecule has 2 atom stereocenters. The SMILES string of the molecule is COC(=O)c1ccc([C@H](C)NC(=O)C2(N)CCOC2)cc1.Cl. The van der Waals surface area contributed by atoms with E-state index in [1.807, 2.05) is 6.92 Å². The average Bonchev–Trinajstić information content (AvgIpc) is 2.94. The van der Waals surface area contributed by atoms with Crippen LogP contribution in [0.1, 0.15) is 35.3 Å². The highest BCUT2D eigenvalue weighted by Gasteiger charge is 2.38. The minimum Gasteiger partial charge on any atom is -0.465 e. The van der Waals surface area contributed by atoms with E-state index in [2.05, 4.69) is 10.1 Å². The minimum atomic E-state index is -0.944. The Balaban J connectivity index is 0.00000242. The van der Waals surface area contributed by atoms with Gasteiger partial charge in [0.15, 0.2) is 0 Å². The number of nitrogens with two attached hydrogens (primary N) is 1. The Kier molecular flexibility index (Phi) is 6.34. The Hall–Kier alpha value is -1.63. The zero-order chi connectivity index (χ0) is 15.5. The summed E-state index contributed by atoms with van der Waals surface area (Å²) in [6.45, 7) is 2.61. The van der Waals surface area contributed by atoms with Crippen LogP contribution in [0.2, 0.25) is 0 Å². The zero-order valence-electron chi connectivity index (χ0n) is 12.6. The molecule has 2 rings (SSSR count). The van der Waals surface area contributed by atoms with E-state index >= 15 is 0 Å². The van der Waals surface area contributed by atoms with Crippen LogP contribution in [0.5, 0.6) is 0 Å². The fraction of sp³-hybridized carbons (Fsp3) is 0.467. The van der Waals surface area contributed by atoms with Crippen LogP contribution in [-0.4, -0.2) is 37.7 Å². The molecule has 122 valence electrons. The maximum absolute atomic E-state index is 12.2. The van der Waals surface area contributed by atoms with Gasteiger partial charge in [-0.1, -0.05) is 12.1 Å². The molecule has 1 amide bonds. The number of nitrogens with one attached hydrogen (secondary N) is 1. The van der Waals surface area contributed by atoms with Crippen molar-refractivity contribution < 1.29 is 19.1 Å². The Morgan fingerprint density at radius 1 is 1.36 bits per heavy atom. The molecule has 7 heteroatoms. The summed E-state index contributed by atoms with van der Waals surface area (Å²) in [5.41, 5.74) is 6.43. The van der Waals surface area contributed by atoms with Gasteiger partial charge in [0.25, 0.3) is 0 Å². The molecule has 1 aromatic rings. The number of rotatable bonds is 4. The molecule has 0 saturated carbocycles. The normalized spacial score (nSPS) is 21.6. The predicted molar refractivity (Wildman–Crippen MR) is 83.9 cm³/mol. The lowest BCUT2D eigenvalue weighted by atomic mass is 9.98. The summed E-state index contributed by atoms with van der Waals surface area (Å²) in [7, 11) is 1.34. The van der Waals surface area contributed by atoms with Crippen LogP contribution in [-0.2, 0) is 14.3 Å². The molecule has 1 saturated heterocycles. The van der Waals surface area contributed by atoms with Gasteiger partial charge in [-0.05, 0) is 31.0 Å². The summed E-state index contributed by atoms with van der Waals surface area (Å²) >= 11 is 0. The Labute approximate surface area is 135 Å². The Morgan fingerprint density at radius 2 is 2.00 bits per heavy atom. The van der Waals surface area contributed by atoms with E-state index in [0.717, 1.165) is 5.56 Å². The number of hydrogen-bond donors (Lipinski definition) is 2. The van der Waals surface area contributed by atoms with Crippen molar-refractivity contribution in [3.63, 3.8) is 0 Å². The first-order valence-electron chi connectivity index (χ1n) is 6.82. The maximum atomic E-state index is 12.2. The predicted octanol–water partition coefficient (Wildman–Crippen LogP) is 1.19. The molecule has 1 fully saturated rings. The molecule has 0 aliphatic carbocycles. The van der Waals surface area contributed by atoms with Crippen LogP contribution in [0.15, 0.2) is 24.3 Å². The van der Waals surface area contributed by atoms with Crippen molar-refractivity contribution >= 4 is 24.3 Å². The van der Waals surface area contributed by atoms with E-state index in [-0.39, 0.29) is 36.9 Å². The smallest absolute Gasteiger partial charge is 0.337 e. The zero-order valence-corrected chi connectivity index (χ0v) is 13.4. The number of ether oxygens (including phenoxy) is 2. The second-order valence-corrected chi connectivity index (χ2v) is 5.27. The van der Waals surface area contributed by atoms with Crippen LogP contribution in [0.25, 0.3) is 0 Å². The largest absolute Gasteiger partial charge is 0.465 e. The Bertz CT molecular complexity index is 527. The van der Waals surface area contributed by atoms with Crippen LogP contribution in [0.4, 0.5) is 0 Å². The molecule has 1 heterocycles. The Morgan fingerprint density at radius 3 is 2.50 bits per heavy atom. The molecule has 0 radical (unpaired) electrons. The van der Waals surface area contributed by atoms with Gasteiger partial charge in [-0.25, -0.2) is 4.79 Å². The van der Waals surface area contributed by atoms with E-state index in [4.69, 9.17) is 10.5 Å². The lowest BCUT2D eigenvalue weighted by Crippen LogP contribution is -2.54. The molecular formula is C15H21ClN2O4. The number of carbonyl (C=O) groups excluding carboxylic acids is 2. The highest BCUT2D eigenvalue weighted by Crippen LogP contribution is 2.19. The van der Waals surface area contributed by atoms with E-state index in [1.54, 1.807) is 24.3 Å². The first-order chi connectivity index (χ1) is 9.96. The van der Waals surface area contributed by atoms with Crippen molar-refractivity contribution in [1.29, 1.82) is 0 Å². The number of amides is 1.